The van der Waals surface area contributed by atoms with E-state index < -0.39 is 0 Å². The summed E-state index contributed by atoms with van der Waals surface area (Å²) >= 11 is 0. The number of amides is 3. The molecule has 3 amide bonds. The van der Waals surface area contributed by atoms with Gasteiger partial charge in [0.15, 0.2) is 0 Å². The lowest BCUT2D eigenvalue weighted by Crippen LogP contribution is -2.20. The molecule has 0 fully saturated rings. The second-order valence-electron chi connectivity index (χ2n) is 6.26. The maximum absolute atomic E-state index is 11.9. The van der Waals surface area contributed by atoms with Gasteiger partial charge in [0.1, 0.15) is 0 Å². The lowest BCUT2D eigenvalue weighted by Gasteiger charge is -2.10. The predicted octanol–water partition coefficient (Wildman–Crippen LogP) is 3.26. The van der Waals surface area contributed by atoms with Gasteiger partial charge >= 0.3 is 0 Å². The van der Waals surface area contributed by atoms with Crippen LogP contribution in [0.1, 0.15) is 78.6 Å². The molecular weight excluding hydrogens is 348 g/mol. The second kappa shape index (κ2) is 12.7. The lowest BCUT2D eigenvalue weighted by molar-refractivity contribution is -0.117. The van der Waals surface area contributed by atoms with E-state index in [-0.39, 0.29) is 35.6 Å². The van der Waals surface area contributed by atoms with Crippen LogP contribution < -0.4 is 16.0 Å². The summed E-state index contributed by atoms with van der Waals surface area (Å²) in [6.45, 7) is 5.97. The Labute approximate surface area is 160 Å². The number of anilines is 3. The number of aromatic nitrogens is 3. The summed E-state index contributed by atoms with van der Waals surface area (Å²) in [5, 5.41) is 7.76. The molecule has 150 valence electrons. The van der Waals surface area contributed by atoms with E-state index in [2.05, 4.69) is 30.9 Å². The molecule has 9 nitrogen and oxygen atoms in total. The van der Waals surface area contributed by atoms with E-state index in [0.717, 1.165) is 38.5 Å². The highest BCUT2D eigenvalue weighted by atomic mass is 16.2. The molecule has 0 unspecified atom stereocenters. The number of rotatable bonds is 12. The quantitative estimate of drug-likeness (QED) is 0.512. The fourth-order valence-corrected chi connectivity index (χ4v) is 2.12. The van der Waals surface area contributed by atoms with Crippen LogP contribution in [0.2, 0.25) is 0 Å². The second-order valence-corrected chi connectivity index (χ2v) is 6.26. The van der Waals surface area contributed by atoms with Gasteiger partial charge in [0.25, 0.3) is 0 Å². The molecule has 0 spiro atoms. The van der Waals surface area contributed by atoms with Crippen LogP contribution in [0, 0.1) is 0 Å². The largest absolute Gasteiger partial charge is 0.294 e. The zero-order valence-electron chi connectivity index (χ0n) is 16.4. The van der Waals surface area contributed by atoms with E-state index in [9.17, 15) is 14.4 Å². The normalized spacial score (nSPS) is 10.3. The topological polar surface area (TPSA) is 126 Å². The van der Waals surface area contributed by atoms with Gasteiger partial charge in [0.05, 0.1) is 0 Å². The molecule has 0 aliphatic heterocycles. The van der Waals surface area contributed by atoms with Gasteiger partial charge in [-0.05, 0) is 19.3 Å². The zero-order chi connectivity index (χ0) is 20.1. The molecule has 1 heterocycles. The van der Waals surface area contributed by atoms with Crippen molar-refractivity contribution < 1.29 is 14.4 Å². The molecule has 3 N–H and O–H groups in total. The van der Waals surface area contributed by atoms with Gasteiger partial charge in [-0.1, -0.05) is 40.0 Å². The van der Waals surface area contributed by atoms with Gasteiger partial charge in [-0.25, -0.2) is 0 Å². The molecule has 0 aromatic carbocycles. The van der Waals surface area contributed by atoms with Crippen LogP contribution in [-0.4, -0.2) is 32.7 Å². The van der Waals surface area contributed by atoms with Crippen molar-refractivity contribution in [2.24, 2.45) is 0 Å². The average molecular weight is 378 g/mol. The van der Waals surface area contributed by atoms with Crippen molar-refractivity contribution in [3.8, 4) is 0 Å². The predicted molar refractivity (Wildman–Crippen MR) is 104 cm³/mol. The highest BCUT2D eigenvalue weighted by Gasteiger charge is 2.13. The monoisotopic (exact) mass is 378 g/mol. The standard InChI is InChI=1S/C18H30N6O3/c1-4-7-10-13(25)19-16-22-17(20-14(26)11-8-5-2)24-18(23-16)21-15(27)12-9-6-3/h4-12H2,1-3H3,(H3,19,20,21,22,23,24,25,26,27). The molecule has 1 aromatic rings. The zero-order valence-corrected chi connectivity index (χ0v) is 16.4. The van der Waals surface area contributed by atoms with E-state index in [1.54, 1.807) is 0 Å². The maximum atomic E-state index is 11.9. The molecule has 1 aromatic heterocycles. The molecule has 0 aliphatic rings. The number of unbranched alkanes of at least 4 members (excludes halogenated alkanes) is 3. The molecular formula is C18H30N6O3. The number of hydrogen-bond acceptors (Lipinski definition) is 6. The van der Waals surface area contributed by atoms with E-state index in [4.69, 9.17) is 0 Å². The number of carbonyl (C=O) groups excluding carboxylic acids is 3. The first-order chi connectivity index (χ1) is 13.0. The van der Waals surface area contributed by atoms with Crippen molar-refractivity contribution in [2.45, 2.75) is 78.6 Å². The molecule has 1 rings (SSSR count). The van der Waals surface area contributed by atoms with Crippen molar-refractivity contribution in [3.63, 3.8) is 0 Å². The minimum absolute atomic E-state index is 0.00249. The maximum Gasteiger partial charge on any atom is 0.236 e. The van der Waals surface area contributed by atoms with Crippen LogP contribution in [0.25, 0.3) is 0 Å². The Bertz CT molecular complexity index is 537. The van der Waals surface area contributed by atoms with Gasteiger partial charge in [0, 0.05) is 19.3 Å². The van der Waals surface area contributed by atoms with E-state index >= 15 is 0 Å². The summed E-state index contributed by atoms with van der Waals surface area (Å²) in [6.07, 6.45) is 5.95. The van der Waals surface area contributed by atoms with Gasteiger partial charge in [-0.3, -0.25) is 30.3 Å². The van der Waals surface area contributed by atoms with Crippen molar-refractivity contribution in [1.82, 2.24) is 15.0 Å². The van der Waals surface area contributed by atoms with Crippen molar-refractivity contribution in [1.29, 1.82) is 0 Å². The fourth-order valence-electron chi connectivity index (χ4n) is 2.12. The number of carbonyl (C=O) groups is 3. The van der Waals surface area contributed by atoms with Crippen LogP contribution in [-0.2, 0) is 14.4 Å². The van der Waals surface area contributed by atoms with Gasteiger partial charge in [-0.2, -0.15) is 15.0 Å². The van der Waals surface area contributed by atoms with Crippen LogP contribution >= 0.6 is 0 Å². The molecule has 0 saturated heterocycles. The highest BCUT2D eigenvalue weighted by Crippen LogP contribution is 2.12. The molecule has 0 saturated carbocycles. The first kappa shape index (κ1) is 22.5. The van der Waals surface area contributed by atoms with Gasteiger partial charge in [-0.15, -0.1) is 0 Å². The Morgan fingerprint density at radius 2 is 0.852 bits per heavy atom. The van der Waals surface area contributed by atoms with E-state index in [1.165, 1.54) is 0 Å². The van der Waals surface area contributed by atoms with Crippen LogP contribution in [0.4, 0.5) is 17.8 Å². The summed E-state index contributed by atoms with van der Waals surface area (Å²) in [5.41, 5.74) is 0. The van der Waals surface area contributed by atoms with Crippen molar-refractivity contribution in [3.05, 3.63) is 0 Å². The molecule has 27 heavy (non-hydrogen) atoms. The summed E-state index contributed by atoms with van der Waals surface area (Å²) in [5.74, 6) is -0.674. The Hall–Kier alpha value is -2.58. The average Bonchev–Trinajstić information content (AvgIpc) is 2.62. The minimum Gasteiger partial charge on any atom is -0.294 e. The molecule has 9 heteroatoms. The Morgan fingerprint density at radius 1 is 0.593 bits per heavy atom. The molecule has 0 aliphatic carbocycles. The first-order valence-electron chi connectivity index (χ1n) is 9.64. The summed E-state index contributed by atoms with van der Waals surface area (Å²) in [6, 6.07) is 0. The van der Waals surface area contributed by atoms with Gasteiger partial charge < -0.3 is 0 Å². The van der Waals surface area contributed by atoms with Crippen LogP contribution in [0.15, 0.2) is 0 Å². The Kier molecular flexibility index (Phi) is 10.6. The third kappa shape index (κ3) is 9.62. The number of hydrogen-bond donors (Lipinski definition) is 3. The molecule has 0 bridgehead atoms. The van der Waals surface area contributed by atoms with E-state index in [0.29, 0.717) is 19.3 Å². The molecule has 0 atom stereocenters. The first-order valence-corrected chi connectivity index (χ1v) is 9.64. The third-order valence-corrected chi connectivity index (χ3v) is 3.66. The third-order valence-electron chi connectivity index (χ3n) is 3.66. The summed E-state index contributed by atoms with van der Waals surface area (Å²) in [7, 11) is 0. The van der Waals surface area contributed by atoms with Crippen LogP contribution in [0.3, 0.4) is 0 Å². The SMILES string of the molecule is CCCCC(=O)Nc1nc(NC(=O)CCCC)nc(NC(=O)CCCC)n1. The smallest absolute Gasteiger partial charge is 0.236 e. The lowest BCUT2D eigenvalue weighted by atomic mass is 10.2. The van der Waals surface area contributed by atoms with Crippen molar-refractivity contribution in [2.75, 3.05) is 16.0 Å². The van der Waals surface area contributed by atoms with E-state index in [1.807, 2.05) is 20.8 Å². The molecule has 0 radical (unpaired) electrons. The van der Waals surface area contributed by atoms with Crippen LogP contribution in [0.5, 0.6) is 0 Å². The minimum atomic E-state index is -0.227. The highest BCUT2D eigenvalue weighted by molar-refractivity contribution is 5.92. The Morgan fingerprint density at radius 3 is 1.07 bits per heavy atom. The van der Waals surface area contributed by atoms with Crippen molar-refractivity contribution >= 4 is 35.6 Å². The fraction of sp³-hybridized carbons (Fsp3) is 0.667. The summed E-state index contributed by atoms with van der Waals surface area (Å²) in [4.78, 5) is 48.0. The summed E-state index contributed by atoms with van der Waals surface area (Å²) < 4.78 is 0. The number of nitrogens with zero attached hydrogens (tertiary/aromatic N) is 3. The number of nitrogens with one attached hydrogen (secondary N) is 3. The van der Waals surface area contributed by atoms with Gasteiger partial charge in [0.2, 0.25) is 35.6 Å². The Balaban J connectivity index is 2.90.